The highest BCUT2D eigenvalue weighted by molar-refractivity contribution is 6.23. The number of benzene rings is 3. The Kier molecular flexibility index (Phi) is 5.31. The fourth-order valence-corrected chi connectivity index (χ4v) is 4.52. The lowest BCUT2D eigenvalue weighted by Gasteiger charge is -2.29. The van der Waals surface area contributed by atoms with Gasteiger partial charge in [-0.1, -0.05) is 54.6 Å². The molecule has 0 aromatic heterocycles. The van der Waals surface area contributed by atoms with Crippen molar-refractivity contribution in [2.45, 2.75) is 19.8 Å². The average molecular weight is 437 g/mol. The second-order valence-electron chi connectivity index (χ2n) is 7.97. The lowest BCUT2D eigenvalue weighted by atomic mass is 9.80. The van der Waals surface area contributed by atoms with Crippen LogP contribution in [0.1, 0.15) is 41.3 Å². The minimum Gasteiger partial charge on any atom is -0.463 e. The number of ether oxygens (including phenoxy) is 2. The van der Waals surface area contributed by atoms with Gasteiger partial charge in [-0.05, 0) is 43.7 Å². The van der Waals surface area contributed by atoms with Crippen LogP contribution in [0.5, 0.6) is 11.5 Å². The van der Waals surface area contributed by atoms with E-state index in [-0.39, 0.29) is 12.4 Å². The predicted molar refractivity (Wildman–Crippen MR) is 126 cm³/mol. The quantitative estimate of drug-likeness (QED) is 0.526. The fraction of sp³-hybridized carbons (Fsp3) is 0.143. The van der Waals surface area contributed by atoms with Crippen LogP contribution >= 0.6 is 0 Å². The van der Waals surface area contributed by atoms with Crippen molar-refractivity contribution in [3.63, 3.8) is 0 Å². The number of carbonyl (C=O) groups excluding carboxylic acids is 2. The van der Waals surface area contributed by atoms with Crippen molar-refractivity contribution < 1.29 is 19.1 Å². The number of dihydropyridines is 1. The minimum absolute atomic E-state index is 0.0817. The Morgan fingerprint density at radius 3 is 2.36 bits per heavy atom. The molecule has 1 N–H and O–H groups in total. The van der Waals surface area contributed by atoms with Crippen LogP contribution in [0.3, 0.4) is 0 Å². The molecule has 5 rings (SSSR count). The van der Waals surface area contributed by atoms with Crippen LogP contribution in [0, 0.1) is 0 Å². The highest BCUT2D eigenvalue weighted by atomic mass is 16.5. The van der Waals surface area contributed by atoms with Gasteiger partial charge in [-0.15, -0.1) is 0 Å². The van der Waals surface area contributed by atoms with Gasteiger partial charge in [0.05, 0.1) is 17.9 Å². The molecule has 2 aliphatic rings. The molecule has 0 spiro atoms. The van der Waals surface area contributed by atoms with E-state index in [9.17, 15) is 9.59 Å². The summed E-state index contributed by atoms with van der Waals surface area (Å²) >= 11 is 0. The Labute approximate surface area is 192 Å². The molecule has 1 atom stereocenters. The van der Waals surface area contributed by atoms with Crippen molar-refractivity contribution in [1.82, 2.24) is 5.32 Å². The Morgan fingerprint density at radius 1 is 0.909 bits per heavy atom. The molecule has 3 aromatic rings. The summed E-state index contributed by atoms with van der Waals surface area (Å²) in [7, 11) is 0. The molecule has 3 aromatic carbocycles. The van der Waals surface area contributed by atoms with Gasteiger partial charge in [-0.2, -0.15) is 0 Å². The number of esters is 1. The summed E-state index contributed by atoms with van der Waals surface area (Å²) in [6, 6.07) is 24.5. The fourth-order valence-electron chi connectivity index (χ4n) is 4.52. The minimum atomic E-state index is -0.570. The number of allylic oxidation sites excluding steroid dienone is 2. The SMILES string of the molecule is CCOC(=O)C1=C(C)NC2=C(C(=O)c3ccccc32)[C@H]1c1cccc(Oc2ccccc2)c1. The average Bonchev–Trinajstić information content (AvgIpc) is 3.11. The number of rotatable bonds is 5. The molecule has 0 bridgehead atoms. The second kappa shape index (κ2) is 8.43. The van der Waals surface area contributed by atoms with Gasteiger partial charge in [0.15, 0.2) is 5.78 Å². The van der Waals surface area contributed by atoms with Gasteiger partial charge in [0, 0.05) is 28.3 Å². The lowest BCUT2D eigenvalue weighted by Crippen LogP contribution is -2.29. The predicted octanol–water partition coefficient (Wildman–Crippen LogP) is 5.61. The maximum Gasteiger partial charge on any atom is 0.336 e. The number of hydrogen-bond acceptors (Lipinski definition) is 5. The maximum atomic E-state index is 13.5. The van der Waals surface area contributed by atoms with E-state index in [1.807, 2.05) is 85.8 Å². The largest absolute Gasteiger partial charge is 0.463 e. The van der Waals surface area contributed by atoms with E-state index in [0.717, 1.165) is 16.8 Å². The van der Waals surface area contributed by atoms with E-state index in [0.29, 0.717) is 33.9 Å². The summed E-state index contributed by atoms with van der Waals surface area (Å²) in [4.78, 5) is 26.6. The van der Waals surface area contributed by atoms with Gasteiger partial charge < -0.3 is 14.8 Å². The molecule has 5 heteroatoms. The highest BCUT2D eigenvalue weighted by Crippen LogP contribution is 2.47. The Morgan fingerprint density at radius 2 is 1.61 bits per heavy atom. The van der Waals surface area contributed by atoms with Gasteiger partial charge in [0.2, 0.25) is 0 Å². The summed E-state index contributed by atoms with van der Waals surface area (Å²) < 4.78 is 11.4. The number of carbonyl (C=O) groups is 2. The first-order valence-corrected chi connectivity index (χ1v) is 10.9. The van der Waals surface area contributed by atoms with Crippen LogP contribution in [0.15, 0.2) is 95.7 Å². The Bertz CT molecular complexity index is 1320. The maximum absolute atomic E-state index is 13.5. The summed E-state index contributed by atoms with van der Waals surface area (Å²) in [5.41, 5.74) is 4.70. The van der Waals surface area contributed by atoms with E-state index in [4.69, 9.17) is 9.47 Å². The van der Waals surface area contributed by atoms with Crippen LogP contribution in [0.2, 0.25) is 0 Å². The van der Waals surface area contributed by atoms with Gasteiger partial charge in [0.25, 0.3) is 0 Å². The normalized spacial score (nSPS) is 16.8. The first kappa shape index (κ1) is 20.8. The van der Waals surface area contributed by atoms with E-state index < -0.39 is 11.9 Å². The van der Waals surface area contributed by atoms with Crippen molar-refractivity contribution >= 4 is 17.4 Å². The van der Waals surface area contributed by atoms with Gasteiger partial charge in [0.1, 0.15) is 11.5 Å². The molecule has 0 fully saturated rings. The van der Waals surface area contributed by atoms with Crippen molar-refractivity contribution in [1.29, 1.82) is 0 Å². The van der Waals surface area contributed by atoms with Gasteiger partial charge in [-0.25, -0.2) is 4.79 Å². The number of para-hydroxylation sites is 1. The molecule has 0 saturated carbocycles. The van der Waals surface area contributed by atoms with Crippen molar-refractivity contribution in [3.05, 3.63) is 112 Å². The number of hydrogen-bond donors (Lipinski definition) is 1. The van der Waals surface area contributed by atoms with Crippen LogP contribution < -0.4 is 10.1 Å². The van der Waals surface area contributed by atoms with Crippen molar-refractivity contribution in [3.8, 4) is 11.5 Å². The van der Waals surface area contributed by atoms with E-state index in [1.165, 1.54) is 0 Å². The molecule has 33 heavy (non-hydrogen) atoms. The lowest BCUT2D eigenvalue weighted by molar-refractivity contribution is -0.138. The van der Waals surface area contributed by atoms with E-state index in [2.05, 4.69) is 5.32 Å². The Hall–Kier alpha value is -4.12. The molecular weight excluding hydrogens is 414 g/mol. The molecule has 0 radical (unpaired) electrons. The topological polar surface area (TPSA) is 64.6 Å². The third-order valence-corrected chi connectivity index (χ3v) is 5.91. The van der Waals surface area contributed by atoms with Crippen molar-refractivity contribution in [2.24, 2.45) is 0 Å². The summed E-state index contributed by atoms with van der Waals surface area (Å²) in [6.45, 7) is 3.87. The molecule has 5 nitrogen and oxygen atoms in total. The number of nitrogens with one attached hydrogen (secondary N) is 1. The van der Waals surface area contributed by atoms with Gasteiger partial charge in [-0.3, -0.25) is 4.79 Å². The summed E-state index contributed by atoms with van der Waals surface area (Å²) in [6.07, 6.45) is 0. The standard InChI is InChI=1S/C28H23NO4/c1-3-32-28(31)23-17(2)29-26-21-14-7-8-15-22(21)27(30)25(26)24(23)18-10-9-13-20(16-18)33-19-11-5-4-6-12-19/h4-16,24,29H,3H2,1-2H3/t24-/m0/s1. The van der Waals surface area contributed by atoms with Crippen molar-refractivity contribution in [2.75, 3.05) is 6.61 Å². The third-order valence-electron chi connectivity index (χ3n) is 5.91. The van der Waals surface area contributed by atoms with Crippen LogP contribution in [0.4, 0.5) is 0 Å². The van der Waals surface area contributed by atoms with Crippen LogP contribution in [0.25, 0.3) is 5.70 Å². The number of fused-ring (bicyclic) bond motifs is 2. The first-order chi connectivity index (χ1) is 16.1. The monoisotopic (exact) mass is 437 g/mol. The van der Waals surface area contributed by atoms with Gasteiger partial charge >= 0.3 is 5.97 Å². The molecule has 164 valence electrons. The zero-order valence-electron chi connectivity index (χ0n) is 18.4. The zero-order valence-corrected chi connectivity index (χ0v) is 18.4. The first-order valence-electron chi connectivity index (χ1n) is 10.9. The van der Waals surface area contributed by atoms with Crippen LogP contribution in [-0.2, 0) is 9.53 Å². The second-order valence-corrected chi connectivity index (χ2v) is 7.97. The summed E-state index contributed by atoms with van der Waals surface area (Å²) in [5.74, 6) is 0.253. The molecule has 0 amide bonds. The smallest absolute Gasteiger partial charge is 0.336 e. The van der Waals surface area contributed by atoms with Crippen LogP contribution in [-0.4, -0.2) is 18.4 Å². The molecular formula is C28H23NO4. The number of ketones is 1. The summed E-state index contributed by atoms with van der Waals surface area (Å²) in [5, 5.41) is 3.31. The Balaban J connectivity index is 1.63. The zero-order chi connectivity index (χ0) is 22.9. The van der Waals surface area contributed by atoms with E-state index >= 15 is 0 Å². The molecule has 0 saturated heterocycles. The molecule has 0 unspecified atom stereocenters. The molecule has 1 aliphatic carbocycles. The van der Waals surface area contributed by atoms with E-state index in [1.54, 1.807) is 6.92 Å². The highest BCUT2D eigenvalue weighted by Gasteiger charge is 2.42. The number of Topliss-reactive ketones (excluding diaryl/α,β-unsaturated/α-hetero) is 1. The molecule has 1 heterocycles. The third kappa shape index (κ3) is 3.61. The molecule has 1 aliphatic heterocycles.